The van der Waals surface area contributed by atoms with Crippen LogP contribution in [-0.2, 0) is 0 Å². The molecule has 0 atom stereocenters. The van der Waals surface area contributed by atoms with Gasteiger partial charge in [0.25, 0.3) is 11.6 Å². The largest absolute Gasteiger partial charge is 0.302 e. The molecule has 152 valence electrons. The van der Waals surface area contributed by atoms with Crippen molar-refractivity contribution in [2.24, 2.45) is 0 Å². The predicted molar refractivity (Wildman–Crippen MR) is 112 cm³/mol. The molecule has 7 nitrogen and oxygen atoms in total. The highest BCUT2D eigenvalue weighted by atomic mass is 32.1. The summed E-state index contributed by atoms with van der Waals surface area (Å²) >= 11 is 1.19. The number of carbonyl (C=O) groups is 1. The van der Waals surface area contributed by atoms with Gasteiger partial charge >= 0.3 is 0 Å². The summed E-state index contributed by atoms with van der Waals surface area (Å²) in [6, 6.07) is 10.1. The SMILES string of the molecule is CCN(CC)CCN(C(=O)c1ccccc1[N+](=O)[O-])c1nc2ccc(F)cc2s1. The van der Waals surface area contributed by atoms with Crippen molar-refractivity contribution in [2.45, 2.75) is 13.8 Å². The standard InChI is InChI=1S/C20H21FN4O3S/c1-3-23(4-2)11-12-24(19(26)15-7-5-6-8-17(15)25(27)28)20-22-16-10-9-14(21)13-18(16)29-20/h5-10,13H,3-4,11-12H2,1-2H3. The summed E-state index contributed by atoms with van der Waals surface area (Å²) in [7, 11) is 0. The molecule has 9 heteroatoms. The molecule has 0 aliphatic carbocycles. The lowest BCUT2D eigenvalue weighted by molar-refractivity contribution is -0.385. The van der Waals surface area contributed by atoms with Crippen LogP contribution in [0.3, 0.4) is 0 Å². The first kappa shape index (κ1) is 20.8. The summed E-state index contributed by atoms with van der Waals surface area (Å²) in [5.74, 6) is -0.878. The van der Waals surface area contributed by atoms with Gasteiger partial charge < -0.3 is 4.90 Å². The van der Waals surface area contributed by atoms with Crippen molar-refractivity contribution < 1.29 is 14.1 Å². The zero-order chi connectivity index (χ0) is 21.0. The van der Waals surface area contributed by atoms with E-state index in [0.29, 0.717) is 28.4 Å². The van der Waals surface area contributed by atoms with Crippen LogP contribution >= 0.6 is 11.3 Å². The quantitative estimate of drug-likeness (QED) is 0.403. The number of rotatable bonds is 8. The number of thiazole rings is 1. The van der Waals surface area contributed by atoms with Gasteiger partial charge in [-0.3, -0.25) is 19.8 Å². The number of aromatic nitrogens is 1. The van der Waals surface area contributed by atoms with E-state index >= 15 is 0 Å². The molecule has 1 heterocycles. The van der Waals surface area contributed by atoms with E-state index in [-0.39, 0.29) is 17.1 Å². The number of carbonyl (C=O) groups excluding carboxylic acids is 1. The smallest absolute Gasteiger partial charge is 0.282 e. The molecule has 1 aromatic heterocycles. The Balaban J connectivity index is 2.02. The average molecular weight is 416 g/mol. The Morgan fingerprint density at radius 2 is 1.90 bits per heavy atom. The van der Waals surface area contributed by atoms with E-state index in [1.165, 1.54) is 46.6 Å². The van der Waals surface area contributed by atoms with Gasteiger partial charge in [0, 0.05) is 19.2 Å². The Hall–Kier alpha value is -2.91. The van der Waals surface area contributed by atoms with Crippen LogP contribution in [-0.4, -0.2) is 46.9 Å². The molecule has 3 rings (SSSR count). The number of benzene rings is 2. The van der Waals surface area contributed by atoms with E-state index in [0.717, 1.165) is 13.1 Å². The summed E-state index contributed by atoms with van der Waals surface area (Å²) < 4.78 is 14.2. The molecule has 0 spiro atoms. The summed E-state index contributed by atoms with van der Waals surface area (Å²) in [5, 5.41) is 11.8. The number of amides is 1. The Morgan fingerprint density at radius 3 is 2.59 bits per heavy atom. The number of anilines is 1. The number of nitro benzene ring substituents is 1. The predicted octanol–water partition coefficient (Wildman–Crippen LogP) is 4.33. The molecule has 0 radical (unpaired) electrons. The first-order valence-corrected chi connectivity index (χ1v) is 10.1. The fraction of sp³-hybridized carbons (Fsp3) is 0.300. The van der Waals surface area contributed by atoms with Crippen molar-refractivity contribution in [3.8, 4) is 0 Å². The summed E-state index contributed by atoms with van der Waals surface area (Å²) in [4.78, 5) is 32.2. The molecule has 0 saturated carbocycles. The van der Waals surface area contributed by atoms with E-state index in [1.54, 1.807) is 12.1 Å². The number of hydrogen-bond acceptors (Lipinski definition) is 6. The normalized spacial score (nSPS) is 11.2. The summed E-state index contributed by atoms with van der Waals surface area (Å²) in [6.07, 6.45) is 0. The molecule has 29 heavy (non-hydrogen) atoms. The van der Waals surface area contributed by atoms with E-state index in [2.05, 4.69) is 9.88 Å². The number of nitro groups is 1. The van der Waals surface area contributed by atoms with Crippen LogP contribution in [0.15, 0.2) is 42.5 Å². The molecule has 0 saturated heterocycles. The average Bonchev–Trinajstić information content (AvgIpc) is 3.13. The lowest BCUT2D eigenvalue weighted by atomic mass is 10.1. The van der Waals surface area contributed by atoms with Crippen molar-refractivity contribution in [1.82, 2.24) is 9.88 Å². The van der Waals surface area contributed by atoms with E-state index in [1.807, 2.05) is 13.8 Å². The Morgan fingerprint density at radius 1 is 1.17 bits per heavy atom. The van der Waals surface area contributed by atoms with E-state index in [9.17, 15) is 19.3 Å². The van der Waals surface area contributed by atoms with Gasteiger partial charge in [0.1, 0.15) is 11.4 Å². The zero-order valence-electron chi connectivity index (χ0n) is 16.2. The van der Waals surface area contributed by atoms with Crippen LogP contribution in [0.4, 0.5) is 15.2 Å². The number of fused-ring (bicyclic) bond motifs is 1. The monoisotopic (exact) mass is 416 g/mol. The second-order valence-electron chi connectivity index (χ2n) is 6.37. The fourth-order valence-corrected chi connectivity index (χ4v) is 4.04. The van der Waals surface area contributed by atoms with Gasteiger partial charge in [-0.05, 0) is 37.4 Å². The zero-order valence-corrected chi connectivity index (χ0v) is 17.0. The van der Waals surface area contributed by atoms with E-state index in [4.69, 9.17) is 0 Å². The molecule has 0 bridgehead atoms. The highest BCUT2D eigenvalue weighted by molar-refractivity contribution is 7.22. The maximum Gasteiger partial charge on any atom is 0.282 e. The lowest BCUT2D eigenvalue weighted by Crippen LogP contribution is -2.39. The van der Waals surface area contributed by atoms with Gasteiger partial charge in [0.05, 0.1) is 15.1 Å². The molecular formula is C20H21FN4O3S. The highest BCUT2D eigenvalue weighted by Crippen LogP contribution is 2.31. The van der Waals surface area contributed by atoms with Crippen LogP contribution in [0, 0.1) is 15.9 Å². The Bertz CT molecular complexity index is 1040. The molecule has 0 fully saturated rings. The third-order valence-corrected chi connectivity index (χ3v) is 5.72. The molecule has 0 aliphatic heterocycles. The number of hydrogen-bond donors (Lipinski definition) is 0. The molecule has 3 aromatic rings. The number of nitrogens with zero attached hydrogens (tertiary/aromatic N) is 4. The van der Waals surface area contributed by atoms with Crippen molar-refractivity contribution in [3.63, 3.8) is 0 Å². The van der Waals surface area contributed by atoms with Gasteiger partial charge in [-0.25, -0.2) is 9.37 Å². The fourth-order valence-electron chi connectivity index (χ4n) is 3.03. The van der Waals surface area contributed by atoms with Gasteiger partial charge in [-0.15, -0.1) is 0 Å². The Labute approximate surface area is 171 Å². The van der Waals surface area contributed by atoms with Gasteiger partial charge in [0.2, 0.25) is 0 Å². The second kappa shape index (κ2) is 9.06. The maximum atomic E-state index is 13.6. The maximum absolute atomic E-state index is 13.6. The van der Waals surface area contributed by atoms with Crippen LogP contribution in [0.25, 0.3) is 10.2 Å². The van der Waals surface area contributed by atoms with Crippen molar-refractivity contribution in [3.05, 3.63) is 64.0 Å². The molecule has 0 unspecified atom stereocenters. The number of para-hydroxylation sites is 1. The van der Waals surface area contributed by atoms with Gasteiger partial charge in [-0.1, -0.05) is 37.3 Å². The minimum Gasteiger partial charge on any atom is -0.302 e. The first-order chi connectivity index (χ1) is 13.9. The van der Waals surface area contributed by atoms with Gasteiger partial charge in [-0.2, -0.15) is 0 Å². The molecule has 0 N–H and O–H groups in total. The van der Waals surface area contributed by atoms with E-state index < -0.39 is 10.8 Å². The molecule has 1 amide bonds. The van der Waals surface area contributed by atoms with Crippen molar-refractivity contribution >= 4 is 38.3 Å². The van der Waals surface area contributed by atoms with Crippen LogP contribution in [0.1, 0.15) is 24.2 Å². The summed E-state index contributed by atoms with van der Waals surface area (Å²) in [6.45, 7) is 6.58. The van der Waals surface area contributed by atoms with Crippen molar-refractivity contribution in [1.29, 1.82) is 0 Å². The van der Waals surface area contributed by atoms with Crippen LogP contribution < -0.4 is 4.90 Å². The second-order valence-corrected chi connectivity index (χ2v) is 7.38. The first-order valence-electron chi connectivity index (χ1n) is 9.28. The number of likely N-dealkylation sites (N-methyl/N-ethyl adjacent to an activating group) is 1. The molecule has 0 aliphatic rings. The third kappa shape index (κ3) is 4.57. The minimum absolute atomic E-state index is 0.00230. The summed E-state index contributed by atoms with van der Waals surface area (Å²) in [5.41, 5.74) is 0.328. The molecular weight excluding hydrogens is 395 g/mol. The van der Waals surface area contributed by atoms with Crippen LogP contribution in [0.2, 0.25) is 0 Å². The van der Waals surface area contributed by atoms with Gasteiger partial charge in [0.15, 0.2) is 5.13 Å². The van der Waals surface area contributed by atoms with Crippen molar-refractivity contribution in [2.75, 3.05) is 31.1 Å². The minimum atomic E-state index is -0.566. The highest BCUT2D eigenvalue weighted by Gasteiger charge is 2.27. The molecule has 2 aromatic carbocycles. The lowest BCUT2D eigenvalue weighted by Gasteiger charge is -2.24. The third-order valence-electron chi connectivity index (χ3n) is 4.68. The topological polar surface area (TPSA) is 79.6 Å². The van der Waals surface area contributed by atoms with Crippen LogP contribution in [0.5, 0.6) is 0 Å². The number of halogens is 1. The Kier molecular flexibility index (Phi) is 6.50.